The normalized spacial score (nSPS) is 11.6. The lowest BCUT2D eigenvalue weighted by molar-refractivity contribution is 1.10. The van der Waals surface area contributed by atoms with Crippen molar-refractivity contribution in [2.75, 3.05) is 0 Å². The van der Waals surface area contributed by atoms with Gasteiger partial charge in [0.2, 0.25) is 0 Å². The van der Waals surface area contributed by atoms with Crippen molar-refractivity contribution < 1.29 is 0 Å². The Bertz CT molecular complexity index is 10200. The zero-order valence-electron chi connectivity index (χ0n) is 80.1. The van der Waals surface area contributed by atoms with Gasteiger partial charge in [0, 0.05) is 84.5 Å². The number of benzene rings is 24. The van der Waals surface area contributed by atoms with Crippen LogP contribution in [0.15, 0.2) is 528 Å². The standard InChI is InChI=1S/C39H24N2.C35H22N2.C32H21N3.C31H20N4/c1-3-10-26(11-4-1)39-40-35-24-27(20-23-36(35)41(39)28-14-5-2-6-15-28)29-21-22-34-32-17-8-13-25-12-7-16-31(37(25)32)33-19-9-18-30(29)38(33)34;1-3-8-26(9-4-1)35-36-31-22-27(18-21-32(31)37(35)28-12-5-2-6-13-28)29-19-16-25-15-14-23-10-7-11-24-17-20-30(29)34(25)33(23)24;1-3-11-22(12-4-1)32-34-29-21-23(19-20-30(29)35(32)24-13-5-2-6-14-24)31-27-17-8-7-15-25(27)26-16-9-10-18-28(26)33-31;1-3-9-21(10-4-1)31-34-27-20-22(15-16-28(27)35(31)24-12-5-2-6-13-24)26-19-23-11-7-17-32-29(23)30-25(26)14-8-18-33-30/h1-24H;1-22H;1-21H;1-20H. The Hall–Kier alpha value is -20.0. The molecule has 0 bridgehead atoms. The molecular weight excluding hydrogens is 1800 g/mol. The van der Waals surface area contributed by atoms with Crippen LogP contribution in [0.2, 0.25) is 0 Å². The minimum Gasteiger partial charge on any atom is -0.292 e. The zero-order chi connectivity index (χ0) is 97.6. The van der Waals surface area contributed by atoms with Crippen LogP contribution >= 0.6 is 0 Å². The lowest BCUT2D eigenvalue weighted by Gasteiger charge is -2.16. The summed E-state index contributed by atoms with van der Waals surface area (Å²) in [4.78, 5) is 35.0. The number of imidazole rings is 4. The van der Waals surface area contributed by atoms with Gasteiger partial charge in [-0.1, -0.05) is 394 Å². The molecule has 0 spiro atoms. The van der Waals surface area contributed by atoms with Gasteiger partial charge >= 0.3 is 0 Å². The molecule has 7 heterocycles. The molecule has 11 nitrogen and oxygen atoms in total. The van der Waals surface area contributed by atoms with Crippen LogP contribution < -0.4 is 0 Å². The number of fused-ring (bicyclic) bond motifs is 12. The summed E-state index contributed by atoms with van der Waals surface area (Å²) in [5, 5.41) is 24.0. The SMILES string of the molecule is c1ccc(-c2nc3cc(-c4cc5cccnc5c5ncccc45)ccc3n2-c2ccccc2)cc1.c1ccc(-c2nc3cc(-c4ccc5c6cccc7cccc(c8cccc4c85)c76)ccc3n2-c2ccccc2)cc1.c1ccc(-c2nc3cc(-c4ccc5ccc6cccc7ccc4c5c67)ccc3n2-c2ccccc2)cc1.c1ccc(-c2nc3cc(-c4nc5ccccc5c5ccccc45)ccc3n2-c2ccccc2)cc1. The first-order valence-corrected chi connectivity index (χ1v) is 50.1. The van der Waals surface area contributed by atoms with E-state index >= 15 is 0 Å². The maximum absolute atomic E-state index is 5.21. The van der Waals surface area contributed by atoms with Crippen molar-refractivity contribution in [2.24, 2.45) is 0 Å². The van der Waals surface area contributed by atoms with Gasteiger partial charge in [-0.15, -0.1) is 0 Å². The van der Waals surface area contributed by atoms with Crippen LogP contribution in [-0.2, 0) is 0 Å². The highest BCUT2D eigenvalue weighted by Crippen LogP contribution is 2.48. The second-order valence-corrected chi connectivity index (χ2v) is 37.7. The monoisotopic (exact) mass is 1890 g/mol. The summed E-state index contributed by atoms with van der Waals surface area (Å²) in [6.07, 6.45) is 3.65. The van der Waals surface area contributed by atoms with Crippen molar-refractivity contribution in [1.82, 2.24) is 53.2 Å². The van der Waals surface area contributed by atoms with Crippen LogP contribution in [-0.4, -0.2) is 53.2 Å². The predicted octanol–water partition coefficient (Wildman–Crippen LogP) is 35.2. The van der Waals surface area contributed by atoms with E-state index in [2.05, 4.69) is 489 Å². The van der Waals surface area contributed by atoms with E-state index in [0.717, 1.165) is 168 Å². The molecule has 0 aliphatic rings. The van der Waals surface area contributed by atoms with Gasteiger partial charge in [-0.2, -0.15) is 0 Å². The molecule has 148 heavy (non-hydrogen) atoms. The van der Waals surface area contributed by atoms with Crippen LogP contribution in [0.1, 0.15) is 0 Å². The minimum absolute atomic E-state index is 0.917. The van der Waals surface area contributed by atoms with Crippen LogP contribution in [0.4, 0.5) is 0 Å². The van der Waals surface area contributed by atoms with Crippen molar-refractivity contribution in [2.45, 2.75) is 0 Å². The van der Waals surface area contributed by atoms with Gasteiger partial charge < -0.3 is 0 Å². The molecule has 31 rings (SSSR count). The second kappa shape index (κ2) is 36.2. The fourth-order valence-electron chi connectivity index (χ4n) is 22.5. The summed E-state index contributed by atoms with van der Waals surface area (Å²) in [5.41, 5.74) is 29.0. The maximum Gasteiger partial charge on any atom is 0.145 e. The largest absolute Gasteiger partial charge is 0.292 e. The average molecular weight is 1890 g/mol. The first-order valence-electron chi connectivity index (χ1n) is 50.1. The molecule has 0 unspecified atom stereocenters. The third-order valence-corrected chi connectivity index (χ3v) is 29.1. The summed E-state index contributed by atoms with van der Waals surface area (Å²) in [6.45, 7) is 0. The van der Waals surface area contributed by atoms with Crippen LogP contribution in [0.5, 0.6) is 0 Å². The Morgan fingerprint density at radius 2 is 0.459 bits per heavy atom. The van der Waals surface area contributed by atoms with Crippen molar-refractivity contribution in [3.05, 3.63) is 528 Å². The van der Waals surface area contributed by atoms with Crippen molar-refractivity contribution in [3.63, 3.8) is 0 Å². The molecule has 0 radical (unpaired) electrons. The molecular formula is C137H87N11. The smallest absolute Gasteiger partial charge is 0.145 e. The number of nitrogens with zero attached hydrogens (tertiary/aromatic N) is 11. The fourth-order valence-corrected chi connectivity index (χ4v) is 22.5. The maximum atomic E-state index is 5.21. The van der Waals surface area contributed by atoms with Crippen molar-refractivity contribution in [3.8, 4) is 113 Å². The van der Waals surface area contributed by atoms with E-state index in [0.29, 0.717) is 0 Å². The van der Waals surface area contributed by atoms with Crippen LogP contribution in [0.25, 0.3) is 276 Å². The third kappa shape index (κ3) is 14.9. The number of rotatable bonds is 12. The molecule has 0 saturated carbocycles. The first-order chi connectivity index (χ1) is 73.4. The van der Waals surface area contributed by atoms with E-state index in [9.17, 15) is 0 Å². The zero-order valence-corrected chi connectivity index (χ0v) is 80.1. The molecule has 0 aliphatic heterocycles. The number of aromatic nitrogens is 11. The molecule has 0 atom stereocenters. The molecule has 0 fully saturated rings. The van der Waals surface area contributed by atoms with Crippen molar-refractivity contribution in [1.29, 1.82) is 0 Å². The third-order valence-electron chi connectivity index (χ3n) is 29.1. The van der Waals surface area contributed by atoms with Gasteiger partial charge in [-0.3, -0.25) is 28.2 Å². The van der Waals surface area contributed by atoms with E-state index < -0.39 is 0 Å². The molecule has 0 amide bonds. The molecule has 0 aliphatic carbocycles. The van der Waals surface area contributed by atoms with E-state index in [1.807, 2.05) is 67.0 Å². The second-order valence-electron chi connectivity index (χ2n) is 37.7. The highest BCUT2D eigenvalue weighted by molar-refractivity contribution is 6.34. The van der Waals surface area contributed by atoms with Crippen LogP contribution in [0.3, 0.4) is 0 Å². The first kappa shape index (κ1) is 85.9. The van der Waals surface area contributed by atoms with Gasteiger partial charge in [0.15, 0.2) is 0 Å². The summed E-state index contributed by atoms with van der Waals surface area (Å²) in [5.74, 6) is 3.76. The summed E-state index contributed by atoms with van der Waals surface area (Å²) >= 11 is 0. The molecule has 690 valence electrons. The van der Waals surface area contributed by atoms with E-state index in [1.165, 1.54) is 108 Å². The van der Waals surface area contributed by atoms with Gasteiger partial charge in [0.1, 0.15) is 23.3 Å². The number of para-hydroxylation sites is 5. The topological polar surface area (TPSA) is 110 Å². The quantitative estimate of drug-likeness (QED) is 0.0885. The lowest BCUT2D eigenvalue weighted by atomic mass is 9.87. The van der Waals surface area contributed by atoms with E-state index in [-0.39, 0.29) is 0 Å². The molecule has 24 aromatic carbocycles. The Morgan fingerprint density at radius 3 is 0.939 bits per heavy atom. The number of pyridine rings is 3. The number of hydrogen-bond donors (Lipinski definition) is 0. The summed E-state index contributed by atoms with van der Waals surface area (Å²) in [6, 6.07) is 182. The van der Waals surface area contributed by atoms with Crippen LogP contribution in [0, 0.1) is 0 Å². The average Bonchev–Trinajstić information content (AvgIpc) is 1.77. The molecule has 31 aromatic rings. The molecule has 0 N–H and O–H groups in total. The Labute approximate surface area is 851 Å². The van der Waals surface area contributed by atoms with Gasteiger partial charge in [-0.05, 0) is 236 Å². The van der Waals surface area contributed by atoms with Gasteiger partial charge in [0.25, 0.3) is 0 Å². The molecule has 0 saturated heterocycles. The molecule has 7 aromatic heterocycles. The van der Waals surface area contributed by atoms with Gasteiger partial charge in [-0.25, -0.2) is 24.9 Å². The molecule has 11 heteroatoms. The van der Waals surface area contributed by atoms with E-state index in [1.54, 1.807) is 0 Å². The lowest BCUT2D eigenvalue weighted by Crippen LogP contribution is -1.97. The highest BCUT2D eigenvalue weighted by atomic mass is 15.1. The summed E-state index contributed by atoms with van der Waals surface area (Å²) < 4.78 is 9.00. The van der Waals surface area contributed by atoms with Crippen molar-refractivity contribution >= 4 is 163 Å². The fraction of sp³-hybridized carbons (Fsp3) is 0. The van der Waals surface area contributed by atoms with Gasteiger partial charge in [0.05, 0.1) is 66.4 Å². The van der Waals surface area contributed by atoms with E-state index in [4.69, 9.17) is 24.9 Å². The minimum atomic E-state index is 0.917. The highest BCUT2D eigenvalue weighted by Gasteiger charge is 2.26. The summed E-state index contributed by atoms with van der Waals surface area (Å²) in [7, 11) is 0. The Balaban J connectivity index is 0.0000000953. The Morgan fingerprint density at radius 1 is 0.149 bits per heavy atom. The predicted molar refractivity (Wildman–Crippen MR) is 616 cm³/mol. The number of hydrogen-bond acceptors (Lipinski definition) is 7. The Kier molecular flexibility index (Phi) is 21.0.